The number of benzene rings is 1. The van der Waals surface area contributed by atoms with E-state index in [4.69, 9.17) is 12.2 Å². The Morgan fingerprint density at radius 2 is 2.12 bits per heavy atom. The van der Waals surface area contributed by atoms with Crippen molar-refractivity contribution in [3.63, 3.8) is 0 Å². The van der Waals surface area contributed by atoms with Crippen molar-refractivity contribution in [2.45, 2.75) is 26.8 Å². The fraction of sp³-hybridized carbons (Fsp3) is 0.235. The molecule has 0 unspecified atom stereocenters. The Kier molecular flexibility index (Phi) is 4.47. The van der Waals surface area contributed by atoms with Gasteiger partial charge in [0.05, 0.1) is 11.9 Å². The van der Waals surface area contributed by atoms with Gasteiger partial charge >= 0.3 is 0 Å². The topological polar surface area (TPSA) is 54.9 Å². The zero-order valence-corrected chi connectivity index (χ0v) is 14.8. The molecular formula is C17H15FN2O2S2. The number of halogens is 1. The molecule has 0 bridgehead atoms. The minimum Gasteiger partial charge on any atom is -0.323 e. The lowest BCUT2D eigenvalue weighted by atomic mass is 10.1. The monoisotopic (exact) mass is 362 g/mol. The minimum absolute atomic E-state index is 0.174. The first kappa shape index (κ1) is 16.7. The molecule has 4 nitrogen and oxygen atoms in total. The van der Waals surface area contributed by atoms with Crippen LogP contribution in [0, 0.1) is 17.5 Å². The van der Waals surface area contributed by atoms with Gasteiger partial charge in [-0.05, 0) is 55.4 Å². The van der Waals surface area contributed by atoms with Crippen molar-refractivity contribution in [2.75, 3.05) is 0 Å². The van der Waals surface area contributed by atoms with Crippen molar-refractivity contribution in [1.29, 1.82) is 0 Å². The van der Waals surface area contributed by atoms with E-state index in [0.717, 1.165) is 16.1 Å². The molecule has 0 saturated heterocycles. The number of aromatic amines is 1. The van der Waals surface area contributed by atoms with Crippen LogP contribution in [0.4, 0.5) is 4.39 Å². The molecule has 0 fully saturated rings. The normalized spacial score (nSPS) is 11.1. The number of hydrogen-bond donors (Lipinski definition) is 1. The minimum atomic E-state index is -0.368. The molecule has 1 aromatic carbocycles. The number of thiophene rings is 1. The van der Waals surface area contributed by atoms with Crippen LogP contribution in [0.15, 0.2) is 29.1 Å². The number of aromatic nitrogens is 2. The number of rotatable bonds is 4. The zero-order chi connectivity index (χ0) is 17.4. The van der Waals surface area contributed by atoms with Crippen molar-refractivity contribution in [3.05, 3.63) is 61.2 Å². The Bertz CT molecular complexity index is 1060. The largest absolute Gasteiger partial charge is 0.323 e. The van der Waals surface area contributed by atoms with Gasteiger partial charge in [0.25, 0.3) is 5.56 Å². The summed E-state index contributed by atoms with van der Waals surface area (Å²) in [5, 5.41) is 0.536. The van der Waals surface area contributed by atoms with E-state index in [2.05, 4.69) is 4.98 Å². The SMILES string of the molecule is CCc1cc2c(=O)n(CC(=O)c3ccc(F)c(C)c3)c(=S)[nH]c2s1. The van der Waals surface area contributed by atoms with Crippen LogP contribution in [0.1, 0.15) is 27.7 Å². The number of nitrogens with zero attached hydrogens (tertiary/aromatic N) is 1. The van der Waals surface area contributed by atoms with E-state index in [1.54, 1.807) is 6.92 Å². The summed E-state index contributed by atoms with van der Waals surface area (Å²) in [5.41, 5.74) is 0.464. The van der Waals surface area contributed by atoms with Gasteiger partial charge in [0.15, 0.2) is 10.6 Å². The molecule has 3 rings (SSSR count). The van der Waals surface area contributed by atoms with E-state index in [9.17, 15) is 14.0 Å². The lowest BCUT2D eigenvalue weighted by Gasteiger charge is -2.07. The highest BCUT2D eigenvalue weighted by molar-refractivity contribution is 7.71. The standard InChI is InChI=1S/C17H15FN2O2S2/c1-3-11-7-12-15(24-11)19-17(23)20(16(12)22)8-14(21)10-4-5-13(18)9(2)6-10/h4-7H,3,8H2,1-2H3,(H,19,23). The maximum absolute atomic E-state index is 13.3. The van der Waals surface area contributed by atoms with Crippen LogP contribution < -0.4 is 5.56 Å². The number of fused-ring (bicyclic) bond motifs is 1. The summed E-state index contributed by atoms with van der Waals surface area (Å²) < 4.78 is 14.8. The highest BCUT2D eigenvalue weighted by atomic mass is 32.1. The molecule has 2 heterocycles. The van der Waals surface area contributed by atoms with Gasteiger partial charge in [-0.25, -0.2) is 4.39 Å². The quantitative estimate of drug-likeness (QED) is 0.563. The number of carbonyl (C=O) groups is 1. The predicted molar refractivity (Wildman–Crippen MR) is 96.1 cm³/mol. The van der Waals surface area contributed by atoms with Gasteiger partial charge in [-0.1, -0.05) is 6.92 Å². The summed E-state index contributed by atoms with van der Waals surface area (Å²) in [7, 11) is 0. The van der Waals surface area contributed by atoms with Gasteiger partial charge in [-0.2, -0.15) is 0 Å². The highest BCUT2D eigenvalue weighted by Gasteiger charge is 2.14. The summed E-state index contributed by atoms with van der Waals surface area (Å²) in [5.74, 6) is -0.655. The number of nitrogens with one attached hydrogen (secondary N) is 1. The summed E-state index contributed by atoms with van der Waals surface area (Å²) in [4.78, 5) is 29.9. The van der Waals surface area contributed by atoms with Crippen molar-refractivity contribution in [2.24, 2.45) is 0 Å². The maximum Gasteiger partial charge on any atom is 0.263 e. The molecule has 3 aromatic rings. The molecule has 2 aromatic heterocycles. The van der Waals surface area contributed by atoms with Crippen LogP contribution in [0.3, 0.4) is 0 Å². The second-order valence-electron chi connectivity index (χ2n) is 5.52. The van der Waals surface area contributed by atoms with Crippen molar-refractivity contribution in [1.82, 2.24) is 9.55 Å². The van der Waals surface area contributed by atoms with E-state index < -0.39 is 0 Å². The molecule has 0 spiro atoms. The molecule has 0 aliphatic carbocycles. The Hall–Kier alpha value is -2.12. The van der Waals surface area contributed by atoms with E-state index in [-0.39, 0.29) is 28.5 Å². The van der Waals surface area contributed by atoms with Gasteiger partial charge < -0.3 is 4.98 Å². The number of aryl methyl sites for hydroxylation is 2. The molecule has 0 radical (unpaired) electrons. The second-order valence-corrected chi connectivity index (χ2v) is 7.04. The number of H-pyrrole nitrogens is 1. The summed E-state index contributed by atoms with van der Waals surface area (Å²) >= 11 is 6.72. The van der Waals surface area contributed by atoms with Crippen LogP contribution in [0.2, 0.25) is 0 Å². The second kappa shape index (κ2) is 6.41. The summed E-state index contributed by atoms with van der Waals surface area (Å²) in [6, 6.07) is 5.98. The van der Waals surface area contributed by atoms with Crippen molar-refractivity contribution >= 4 is 39.6 Å². The van der Waals surface area contributed by atoms with Crippen molar-refractivity contribution in [3.8, 4) is 0 Å². The first-order chi connectivity index (χ1) is 11.4. The maximum atomic E-state index is 13.3. The summed E-state index contributed by atoms with van der Waals surface area (Å²) in [6.45, 7) is 3.43. The van der Waals surface area contributed by atoms with Crippen LogP contribution in [-0.4, -0.2) is 15.3 Å². The molecule has 0 atom stereocenters. The molecule has 0 amide bonds. The van der Waals surface area contributed by atoms with Crippen LogP contribution in [-0.2, 0) is 13.0 Å². The Balaban J connectivity index is 2.03. The zero-order valence-electron chi connectivity index (χ0n) is 13.2. The smallest absolute Gasteiger partial charge is 0.263 e. The first-order valence-electron chi connectivity index (χ1n) is 7.45. The molecule has 1 N–H and O–H groups in total. The average molecular weight is 362 g/mol. The van der Waals surface area contributed by atoms with Gasteiger partial charge in [0.1, 0.15) is 10.6 Å². The van der Waals surface area contributed by atoms with Gasteiger partial charge in [-0.15, -0.1) is 11.3 Å². The third kappa shape index (κ3) is 2.97. The Morgan fingerprint density at radius 3 is 2.79 bits per heavy atom. The highest BCUT2D eigenvalue weighted by Crippen LogP contribution is 2.21. The molecule has 0 aliphatic rings. The molecule has 24 heavy (non-hydrogen) atoms. The molecular weight excluding hydrogens is 347 g/mol. The lowest BCUT2D eigenvalue weighted by Crippen LogP contribution is -2.25. The third-order valence-electron chi connectivity index (χ3n) is 3.85. The molecule has 124 valence electrons. The van der Waals surface area contributed by atoms with Crippen LogP contribution >= 0.6 is 23.6 Å². The number of Topliss-reactive ketones (excluding diaryl/α,β-unsaturated/α-hetero) is 1. The Morgan fingerprint density at radius 1 is 1.38 bits per heavy atom. The van der Waals surface area contributed by atoms with E-state index in [0.29, 0.717) is 16.5 Å². The van der Waals surface area contributed by atoms with Crippen LogP contribution in [0.5, 0.6) is 0 Å². The fourth-order valence-corrected chi connectivity index (χ4v) is 3.77. The number of carbonyl (C=O) groups excluding carboxylic acids is 1. The molecule has 0 aliphatic heterocycles. The van der Waals surface area contributed by atoms with Gasteiger partial charge in [0.2, 0.25) is 0 Å². The molecule has 0 saturated carbocycles. The first-order valence-corrected chi connectivity index (χ1v) is 8.68. The van der Waals surface area contributed by atoms with E-state index in [1.165, 1.54) is 34.1 Å². The Labute approximate surface area is 146 Å². The van der Waals surface area contributed by atoms with E-state index in [1.807, 2.05) is 13.0 Å². The number of hydrogen-bond acceptors (Lipinski definition) is 4. The average Bonchev–Trinajstić information content (AvgIpc) is 2.97. The third-order valence-corrected chi connectivity index (χ3v) is 5.37. The van der Waals surface area contributed by atoms with Crippen LogP contribution in [0.25, 0.3) is 10.2 Å². The van der Waals surface area contributed by atoms with E-state index >= 15 is 0 Å². The molecule has 7 heteroatoms. The lowest BCUT2D eigenvalue weighted by molar-refractivity contribution is 0.0970. The number of ketones is 1. The predicted octanol–water partition coefficient (Wildman–Crippen LogP) is 4.01. The van der Waals surface area contributed by atoms with Gasteiger partial charge in [-0.3, -0.25) is 14.2 Å². The van der Waals surface area contributed by atoms with Crippen molar-refractivity contribution < 1.29 is 9.18 Å². The fourth-order valence-electron chi connectivity index (χ4n) is 2.47. The van der Waals surface area contributed by atoms with Gasteiger partial charge in [0, 0.05) is 10.4 Å². The summed E-state index contributed by atoms with van der Waals surface area (Å²) in [6.07, 6.45) is 0.827.